The van der Waals surface area contributed by atoms with Crippen molar-refractivity contribution in [3.63, 3.8) is 0 Å². The van der Waals surface area contributed by atoms with Gasteiger partial charge in [-0.1, -0.05) is 60.7 Å². The van der Waals surface area contributed by atoms with Crippen molar-refractivity contribution in [2.45, 2.75) is 26.4 Å². The van der Waals surface area contributed by atoms with E-state index in [0.29, 0.717) is 12.6 Å². The topological polar surface area (TPSA) is 21.3 Å². The van der Waals surface area contributed by atoms with E-state index in [1.807, 2.05) is 18.2 Å². The molecule has 110 valence electrons. The first-order valence-corrected chi connectivity index (χ1v) is 7.32. The fraction of sp³-hybridized carbons (Fsp3) is 0.263. The van der Waals surface area contributed by atoms with Gasteiger partial charge in [0.05, 0.1) is 0 Å². The fourth-order valence-electron chi connectivity index (χ4n) is 2.26. The molecule has 0 spiro atoms. The molecule has 21 heavy (non-hydrogen) atoms. The number of hydrogen-bond acceptors (Lipinski definition) is 2. The van der Waals surface area contributed by atoms with E-state index in [4.69, 9.17) is 4.74 Å². The molecule has 2 aromatic rings. The van der Waals surface area contributed by atoms with Crippen molar-refractivity contribution in [1.29, 1.82) is 0 Å². The minimum atomic E-state index is 0.303. The molecule has 0 aliphatic rings. The number of benzene rings is 2. The summed E-state index contributed by atoms with van der Waals surface area (Å²) in [5.41, 5.74) is 3.76. The molecule has 0 aliphatic heterocycles. The summed E-state index contributed by atoms with van der Waals surface area (Å²) in [5.74, 6) is 0.918. The van der Waals surface area contributed by atoms with Gasteiger partial charge in [0.1, 0.15) is 12.4 Å². The van der Waals surface area contributed by atoms with Gasteiger partial charge in [-0.15, -0.1) is 0 Å². The normalized spacial score (nSPS) is 11.9. The van der Waals surface area contributed by atoms with Gasteiger partial charge in [-0.25, -0.2) is 0 Å². The Hall–Kier alpha value is -2.06. The molecule has 2 heteroatoms. The summed E-state index contributed by atoms with van der Waals surface area (Å²) in [6, 6.07) is 17.0. The van der Waals surface area contributed by atoms with Crippen LogP contribution in [-0.4, -0.2) is 6.61 Å². The number of rotatable bonds is 7. The van der Waals surface area contributed by atoms with E-state index in [0.717, 1.165) is 12.3 Å². The highest BCUT2D eigenvalue weighted by molar-refractivity contribution is 5.33. The van der Waals surface area contributed by atoms with Crippen LogP contribution < -0.4 is 10.1 Å². The summed E-state index contributed by atoms with van der Waals surface area (Å²) in [5, 5.41) is 3.55. The second-order valence-electron chi connectivity index (χ2n) is 5.22. The molecule has 0 aromatic heterocycles. The molecule has 1 N–H and O–H groups in total. The number of para-hydroxylation sites is 1. The van der Waals surface area contributed by atoms with Crippen molar-refractivity contribution in [2.75, 3.05) is 6.61 Å². The highest BCUT2D eigenvalue weighted by Gasteiger charge is 2.07. The predicted molar refractivity (Wildman–Crippen MR) is 88.6 cm³/mol. The van der Waals surface area contributed by atoms with Gasteiger partial charge in [-0.05, 0) is 25.5 Å². The number of ether oxygens (including phenoxy) is 1. The van der Waals surface area contributed by atoms with E-state index in [2.05, 4.69) is 56.1 Å². The van der Waals surface area contributed by atoms with Crippen LogP contribution in [0.1, 0.15) is 29.7 Å². The van der Waals surface area contributed by atoms with Gasteiger partial charge in [0.15, 0.2) is 0 Å². The first-order valence-electron chi connectivity index (χ1n) is 7.32. The molecule has 0 saturated carbocycles. The lowest BCUT2D eigenvalue weighted by molar-refractivity contribution is 0.357. The summed E-state index contributed by atoms with van der Waals surface area (Å²) < 4.78 is 5.69. The molecule has 0 radical (unpaired) electrons. The van der Waals surface area contributed by atoms with Crippen LogP contribution in [0.3, 0.4) is 0 Å². The smallest absolute Gasteiger partial charge is 0.124 e. The van der Waals surface area contributed by atoms with Crippen LogP contribution in [-0.2, 0) is 6.54 Å². The Balaban J connectivity index is 2.01. The monoisotopic (exact) mass is 281 g/mol. The summed E-state index contributed by atoms with van der Waals surface area (Å²) in [4.78, 5) is 0. The van der Waals surface area contributed by atoms with E-state index in [9.17, 15) is 0 Å². The highest BCUT2D eigenvalue weighted by atomic mass is 16.5. The number of nitrogens with one attached hydrogen (secondary N) is 1. The standard InChI is InChI=1S/C19H23NO/c1-4-12-21-19-11-6-5-9-18(19)14-20-16(3)17-10-7-8-15(2)13-17/h4-11,13,16,20H,1,12,14H2,2-3H3/t16-/m1/s1. The zero-order chi connectivity index (χ0) is 15.1. The van der Waals surface area contributed by atoms with Gasteiger partial charge >= 0.3 is 0 Å². The van der Waals surface area contributed by atoms with Crippen molar-refractivity contribution >= 4 is 0 Å². The molecule has 0 fully saturated rings. The summed E-state index contributed by atoms with van der Waals surface area (Å²) in [7, 11) is 0. The molecular formula is C19H23NO. The SMILES string of the molecule is C=CCOc1ccccc1CN[C@H](C)c1cccc(C)c1. The quantitative estimate of drug-likeness (QED) is 0.759. The molecule has 1 atom stereocenters. The Morgan fingerprint density at radius 1 is 1.19 bits per heavy atom. The number of hydrogen-bond donors (Lipinski definition) is 1. The summed E-state index contributed by atoms with van der Waals surface area (Å²) in [6.45, 7) is 9.30. The van der Waals surface area contributed by atoms with Crippen molar-refractivity contribution in [3.05, 3.63) is 77.9 Å². The lowest BCUT2D eigenvalue weighted by Crippen LogP contribution is -2.18. The van der Waals surface area contributed by atoms with Crippen LogP contribution in [0, 0.1) is 6.92 Å². The van der Waals surface area contributed by atoms with Crippen LogP contribution in [0.5, 0.6) is 5.75 Å². The fourth-order valence-corrected chi connectivity index (χ4v) is 2.26. The molecule has 2 aromatic carbocycles. The summed E-state index contributed by atoms with van der Waals surface area (Å²) >= 11 is 0. The van der Waals surface area contributed by atoms with Crippen molar-refractivity contribution in [2.24, 2.45) is 0 Å². The molecular weight excluding hydrogens is 258 g/mol. The summed E-state index contributed by atoms with van der Waals surface area (Å²) in [6.07, 6.45) is 1.76. The maximum Gasteiger partial charge on any atom is 0.124 e. The largest absolute Gasteiger partial charge is 0.489 e. The van der Waals surface area contributed by atoms with Gasteiger partial charge in [-0.2, -0.15) is 0 Å². The average Bonchev–Trinajstić information content (AvgIpc) is 2.51. The predicted octanol–water partition coefficient (Wildman–Crippen LogP) is 4.41. The molecule has 0 bridgehead atoms. The zero-order valence-electron chi connectivity index (χ0n) is 12.8. The van der Waals surface area contributed by atoms with Crippen LogP contribution >= 0.6 is 0 Å². The Morgan fingerprint density at radius 3 is 2.76 bits per heavy atom. The van der Waals surface area contributed by atoms with E-state index in [1.165, 1.54) is 16.7 Å². The van der Waals surface area contributed by atoms with E-state index < -0.39 is 0 Å². The third kappa shape index (κ3) is 4.47. The first-order chi connectivity index (χ1) is 10.2. The molecule has 0 aliphatic carbocycles. The molecule has 0 amide bonds. The van der Waals surface area contributed by atoms with Gasteiger partial charge in [0.2, 0.25) is 0 Å². The van der Waals surface area contributed by atoms with Crippen molar-refractivity contribution in [3.8, 4) is 5.75 Å². The first kappa shape index (κ1) is 15.3. The molecule has 0 heterocycles. The Bertz CT molecular complexity index is 592. The van der Waals surface area contributed by atoms with Gasteiger partial charge < -0.3 is 10.1 Å². The molecule has 0 saturated heterocycles. The lowest BCUT2D eigenvalue weighted by Gasteiger charge is -2.16. The lowest BCUT2D eigenvalue weighted by atomic mass is 10.1. The average molecular weight is 281 g/mol. The third-order valence-electron chi connectivity index (χ3n) is 3.47. The Labute approximate surface area is 127 Å². The molecule has 0 unspecified atom stereocenters. The minimum Gasteiger partial charge on any atom is -0.489 e. The van der Waals surface area contributed by atoms with Crippen LogP contribution in [0.4, 0.5) is 0 Å². The number of aryl methyl sites for hydroxylation is 1. The van der Waals surface area contributed by atoms with Crippen LogP contribution in [0.25, 0.3) is 0 Å². The van der Waals surface area contributed by atoms with Gasteiger partial charge in [0, 0.05) is 18.2 Å². The molecule has 2 nitrogen and oxygen atoms in total. The Morgan fingerprint density at radius 2 is 2.00 bits per heavy atom. The maximum absolute atomic E-state index is 5.69. The van der Waals surface area contributed by atoms with E-state index in [-0.39, 0.29) is 0 Å². The third-order valence-corrected chi connectivity index (χ3v) is 3.47. The van der Waals surface area contributed by atoms with E-state index >= 15 is 0 Å². The maximum atomic E-state index is 5.69. The molecule has 2 rings (SSSR count). The van der Waals surface area contributed by atoms with Crippen LogP contribution in [0.2, 0.25) is 0 Å². The van der Waals surface area contributed by atoms with Gasteiger partial charge in [0.25, 0.3) is 0 Å². The highest BCUT2D eigenvalue weighted by Crippen LogP contribution is 2.20. The van der Waals surface area contributed by atoms with Crippen LogP contribution in [0.15, 0.2) is 61.2 Å². The zero-order valence-corrected chi connectivity index (χ0v) is 12.8. The minimum absolute atomic E-state index is 0.303. The second kappa shape index (κ2) is 7.65. The Kier molecular flexibility index (Phi) is 5.59. The second-order valence-corrected chi connectivity index (χ2v) is 5.22. The van der Waals surface area contributed by atoms with Crippen molar-refractivity contribution in [1.82, 2.24) is 5.32 Å². The van der Waals surface area contributed by atoms with Gasteiger partial charge in [-0.3, -0.25) is 0 Å². The van der Waals surface area contributed by atoms with Crippen molar-refractivity contribution < 1.29 is 4.74 Å². The van der Waals surface area contributed by atoms with E-state index in [1.54, 1.807) is 6.08 Å².